The number of fused-ring (bicyclic) bond motifs is 1. The third kappa shape index (κ3) is 1.82. The molecule has 2 aliphatic rings. The van der Waals surface area contributed by atoms with E-state index in [1.54, 1.807) is 0 Å². The molecule has 1 aliphatic heterocycles. The van der Waals surface area contributed by atoms with E-state index in [-0.39, 0.29) is 0 Å². The van der Waals surface area contributed by atoms with Gasteiger partial charge in [0.2, 0.25) is 0 Å². The minimum Gasteiger partial charge on any atom is -0.242 e. The summed E-state index contributed by atoms with van der Waals surface area (Å²) in [6.07, 6.45) is 4.14. The maximum atomic E-state index is 11.8. The van der Waals surface area contributed by atoms with Crippen molar-refractivity contribution < 1.29 is 4.21 Å². The summed E-state index contributed by atoms with van der Waals surface area (Å²) in [5.74, 6) is 1.73. The molecule has 2 nitrogen and oxygen atoms in total. The SMILES string of the molecule is CC(C)S(=O)N1CC2CCCC2C1. The minimum absolute atomic E-state index is 0.291. The molecule has 2 fully saturated rings. The summed E-state index contributed by atoms with van der Waals surface area (Å²) in [4.78, 5) is 0. The molecular weight excluding hydrogens is 182 g/mol. The second-order valence-electron chi connectivity index (χ2n) is 4.62. The van der Waals surface area contributed by atoms with E-state index in [2.05, 4.69) is 4.31 Å². The molecule has 0 N–H and O–H groups in total. The average molecular weight is 201 g/mol. The first kappa shape index (κ1) is 9.66. The summed E-state index contributed by atoms with van der Waals surface area (Å²) in [7, 11) is -0.723. The van der Waals surface area contributed by atoms with E-state index in [0.29, 0.717) is 5.25 Å². The Morgan fingerprint density at radius 3 is 2.23 bits per heavy atom. The van der Waals surface area contributed by atoms with Gasteiger partial charge in [0.25, 0.3) is 0 Å². The lowest BCUT2D eigenvalue weighted by atomic mass is 10.0. The highest BCUT2D eigenvalue weighted by molar-refractivity contribution is 7.83. The molecule has 13 heavy (non-hydrogen) atoms. The van der Waals surface area contributed by atoms with Crippen LogP contribution in [0.4, 0.5) is 0 Å². The summed E-state index contributed by atoms with van der Waals surface area (Å²) >= 11 is 0. The smallest absolute Gasteiger partial charge is 0.0968 e. The molecule has 3 unspecified atom stereocenters. The zero-order valence-electron chi connectivity index (χ0n) is 8.53. The molecule has 0 radical (unpaired) electrons. The van der Waals surface area contributed by atoms with Crippen LogP contribution in [0.3, 0.4) is 0 Å². The highest BCUT2D eigenvalue weighted by Crippen LogP contribution is 2.38. The summed E-state index contributed by atoms with van der Waals surface area (Å²) < 4.78 is 14.0. The molecule has 0 aromatic heterocycles. The molecule has 0 spiro atoms. The van der Waals surface area contributed by atoms with Crippen LogP contribution < -0.4 is 0 Å². The topological polar surface area (TPSA) is 20.3 Å². The van der Waals surface area contributed by atoms with Crippen LogP contribution in [0, 0.1) is 11.8 Å². The van der Waals surface area contributed by atoms with Gasteiger partial charge in [-0.3, -0.25) is 0 Å². The molecule has 3 atom stereocenters. The third-order valence-corrected chi connectivity index (χ3v) is 4.96. The van der Waals surface area contributed by atoms with Gasteiger partial charge in [0.15, 0.2) is 0 Å². The van der Waals surface area contributed by atoms with Crippen LogP contribution in [0.25, 0.3) is 0 Å². The van der Waals surface area contributed by atoms with E-state index >= 15 is 0 Å². The van der Waals surface area contributed by atoms with Gasteiger partial charge < -0.3 is 0 Å². The van der Waals surface area contributed by atoms with Crippen molar-refractivity contribution in [1.82, 2.24) is 4.31 Å². The molecule has 0 aromatic carbocycles. The monoisotopic (exact) mass is 201 g/mol. The average Bonchev–Trinajstić information content (AvgIpc) is 2.59. The predicted molar refractivity (Wildman–Crippen MR) is 55.7 cm³/mol. The Balaban J connectivity index is 1.95. The van der Waals surface area contributed by atoms with Gasteiger partial charge in [-0.2, -0.15) is 0 Å². The third-order valence-electron chi connectivity index (χ3n) is 3.35. The molecular formula is C10H19NOS. The van der Waals surface area contributed by atoms with Gasteiger partial charge in [-0.1, -0.05) is 6.42 Å². The Kier molecular flexibility index (Phi) is 2.75. The predicted octanol–water partition coefficient (Wildman–Crippen LogP) is 1.79. The van der Waals surface area contributed by atoms with Crippen molar-refractivity contribution in [2.24, 2.45) is 11.8 Å². The van der Waals surface area contributed by atoms with Crippen molar-refractivity contribution >= 4 is 11.0 Å². The van der Waals surface area contributed by atoms with Crippen LogP contribution in [0.15, 0.2) is 0 Å². The van der Waals surface area contributed by atoms with Gasteiger partial charge in [-0.05, 0) is 38.5 Å². The van der Waals surface area contributed by atoms with Gasteiger partial charge in [-0.25, -0.2) is 8.51 Å². The van der Waals surface area contributed by atoms with Crippen molar-refractivity contribution in [2.45, 2.75) is 38.4 Å². The van der Waals surface area contributed by atoms with E-state index in [0.717, 1.165) is 24.9 Å². The Labute approximate surface area is 83.3 Å². The number of nitrogens with zero attached hydrogens (tertiary/aromatic N) is 1. The summed E-state index contributed by atoms with van der Waals surface area (Å²) in [6.45, 7) is 6.28. The molecule has 0 amide bonds. The molecule has 3 heteroatoms. The lowest BCUT2D eigenvalue weighted by Crippen LogP contribution is -2.29. The van der Waals surface area contributed by atoms with Gasteiger partial charge in [-0.15, -0.1) is 0 Å². The van der Waals surface area contributed by atoms with Gasteiger partial charge in [0, 0.05) is 18.3 Å². The summed E-state index contributed by atoms with van der Waals surface area (Å²) in [6, 6.07) is 0. The zero-order valence-corrected chi connectivity index (χ0v) is 9.35. The lowest BCUT2D eigenvalue weighted by molar-refractivity contribution is 0.482. The van der Waals surface area contributed by atoms with Crippen LogP contribution >= 0.6 is 0 Å². The number of hydrogen-bond acceptors (Lipinski definition) is 1. The molecule has 2 rings (SSSR count). The Bertz CT molecular complexity index is 205. The van der Waals surface area contributed by atoms with Gasteiger partial charge in [0.1, 0.15) is 0 Å². The first-order valence-corrected chi connectivity index (χ1v) is 6.51. The van der Waals surface area contributed by atoms with Crippen molar-refractivity contribution in [2.75, 3.05) is 13.1 Å². The van der Waals surface area contributed by atoms with Crippen LogP contribution in [0.5, 0.6) is 0 Å². The standard InChI is InChI=1S/C10H19NOS/c1-8(2)13(12)11-6-9-4-3-5-10(9)7-11/h8-10H,3-7H2,1-2H3. The minimum atomic E-state index is -0.723. The van der Waals surface area contributed by atoms with Crippen LogP contribution in [-0.4, -0.2) is 26.9 Å². The molecule has 0 aromatic rings. The zero-order chi connectivity index (χ0) is 9.42. The van der Waals surface area contributed by atoms with E-state index in [1.165, 1.54) is 19.3 Å². The van der Waals surface area contributed by atoms with Crippen molar-refractivity contribution in [1.29, 1.82) is 0 Å². The summed E-state index contributed by atoms with van der Waals surface area (Å²) in [5, 5.41) is 0.291. The molecule has 1 heterocycles. The second-order valence-corrected chi connectivity index (χ2v) is 6.63. The Morgan fingerprint density at radius 1 is 1.23 bits per heavy atom. The van der Waals surface area contributed by atoms with Crippen molar-refractivity contribution in [3.63, 3.8) is 0 Å². The molecule has 0 bridgehead atoms. The second kappa shape index (κ2) is 3.70. The molecule has 1 saturated heterocycles. The van der Waals surface area contributed by atoms with Crippen LogP contribution in [0.2, 0.25) is 0 Å². The van der Waals surface area contributed by atoms with E-state index in [4.69, 9.17) is 0 Å². The highest BCUT2D eigenvalue weighted by atomic mass is 32.2. The highest BCUT2D eigenvalue weighted by Gasteiger charge is 2.38. The van der Waals surface area contributed by atoms with Crippen molar-refractivity contribution in [3.05, 3.63) is 0 Å². The lowest BCUT2D eigenvalue weighted by Gasteiger charge is -2.17. The van der Waals surface area contributed by atoms with E-state index in [1.807, 2.05) is 13.8 Å². The number of rotatable bonds is 2. The van der Waals surface area contributed by atoms with E-state index < -0.39 is 11.0 Å². The number of hydrogen-bond donors (Lipinski definition) is 0. The van der Waals surface area contributed by atoms with Gasteiger partial charge >= 0.3 is 0 Å². The Morgan fingerprint density at radius 2 is 1.77 bits per heavy atom. The summed E-state index contributed by atoms with van der Waals surface area (Å²) in [5.41, 5.74) is 0. The normalized spacial score (nSPS) is 36.8. The molecule has 76 valence electrons. The quantitative estimate of drug-likeness (QED) is 0.667. The fraction of sp³-hybridized carbons (Fsp3) is 1.00. The largest absolute Gasteiger partial charge is 0.242 e. The first-order valence-electron chi connectivity index (χ1n) is 5.34. The maximum absolute atomic E-state index is 11.8. The van der Waals surface area contributed by atoms with E-state index in [9.17, 15) is 4.21 Å². The molecule has 1 aliphatic carbocycles. The fourth-order valence-electron chi connectivity index (χ4n) is 2.64. The van der Waals surface area contributed by atoms with Crippen molar-refractivity contribution in [3.8, 4) is 0 Å². The van der Waals surface area contributed by atoms with Crippen LogP contribution in [0.1, 0.15) is 33.1 Å². The van der Waals surface area contributed by atoms with Crippen LogP contribution in [-0.2, 0) is 11.0 Å². The maximum Gasteiger partial charge on any atom is 0.0968 e. The first-order chi connectivity index (χ1) is 6.18. The Hall–Kier alpha value is 0.110. The van der Waals surface area contributed by atoms with Gasteiger partial charge in [0.05, 0.1) is 11.0 Å². The molecule has 1 saturated carbocycles. The fourth-order valence-corrected chi connectivity index (χ4v) is 3.91.